The molecule has 0 aliphatic carbocycles. The third kappa shape index (κ3) is 4.26. The zero-order valence-corrected chi connectivity index (χ0v) is 12.0. The molecule has 1 rings (SSSR count). The second-order valence-corrected chi connectivity index (χ2v) is 5.26. The first-order valence-electron chi connectivity index (χ1n) is 6.15. The van der Waals surface area contributed by atoms with E-state index in [1.165, 1.54) is 16.5 Å². The molecule has 0 aliphatic heterocycles. The first-order valence-corrected chi connectivity index (χ1v) is 6.94. The van der Waals surface area contributed by atoms with Crippen molar-refractivity contribution in [2.75, 3.05) is 6.54 Å². The molecule has 16 heavy (non-hydrogen) atoms. The first-order chi connectivity index (χ1) is 7.67. The Labute approximate surface area is 108 Å². The summed E-state index contributed by atoms with van der Waals surface area (Å²) in [4.78, 5) is 0. The summed E-state index contributed by atoms with van der Waals surface area (Å²) in [6.45, 7) is 7.78. The van der Waals surface area contributed by atoms with Crippen LogP contribution >= 0.6 is 15.9 Å². The topological polar surface area (TPSA) is 12.0 Å². The quantitative estimate of drug-likeness (QED) is 0.832. The van der Waals surface area contributed by atoms with Crippen LogP contribution in [0.15, 0.2) is 28.7 Å². The Morgan fingerprint density at radius 1 is 1.31 bits per heavy atom. The maximum atomic E-state index is 3.53. The van der Waals surface area contributed by atoms with Gasteiger partial charge in [-0.2, -0.15) is 0 Å². The molecule has 0 fully saturated rings. The fourth-order valence-corrected chi connectivity index (χ4v) is 2.58. The summed E-state index contributed by atoms with van der Waals surface area (Å²) in [7, 11) is 0. The number of halogens is 1. The third-order valence-electron chi connectivity index (χ3n) is 3.14. The van der Waals surface area contributed by atoms with Crippen molar-refractivity contribution in [3.05, 3.63) is 34.3 Å². The number of hydrogen-bond acceptors (Lipinski definition) is 1. The van der Waals surface area contributed by atoms with Gasteiger partial charge in [0.2, 0.25) is 0 Å². The summed E-state index contributed by atoms with van der Waals surface area (Å²) in [5.74, 6) is 0.717. The van der Waals surface area contributed by atoms with Crippen LogP contribution < -0.4 is 5.32 Å². The molecule has 0 radical (unpaired) electrons. The molecule has 1 nitrogen and oxygen atoms in total. The van der Waals surface area contributed by atoms with E-state index in [4.69, 9.17) is 0 Å². The highest BCUT2D eigenvalue weighted by Crippen LogP contribution is 2.19. The summed E-state index contributed by atoms with van der Waals surface area (Å²) < 4.78 is 1.18. The molecule has 2 unspecified atom stereocenters. The van der Waals surface area contributed by atoms with Gasteiger partial charge >= 0.3 is 0 Å². The van der Waals surface area contributed by atoms with Crippen LogP contribution in [0.5, 0.6) is 0 Å². The van der Waals surface area contributed by atoms with Gasteiger partial charge in [0.25, 0.3) is 0 Å². The highest BCUT2D eigenvalue weighted by molar-refractivity contribution is 9.10. The van der Waals surface area contributed by atoms with Gasteiger partial charge in [-0.15, -0.1) is 0 Å². The zero-order valence-electron chi connectivity index (χ0n) is 10.5. The second kappa shape index (κ2) is 7.08. The molecule has 1 aromatic rings. The molecule has 0 aliphatic rings. The number of benzene rings is 1. The third-order valence-corrected chi connectivity index (χ3v) is 3.64. The average molecular weight is 284 g/mol. The normalized spacial score (nSPS) is 14.8. The van der Waals surface area contributed by atoms with E-state index < -0.39 is 0 Å². The fraction of sp³-hybridized carbons (Fsp3) is 0.571. The van der Waals surface area contributed by atoms with Crippen LogP contribution in [0.1, 0.15) is 32.8 Å². The van der Waals surface area contributed by atoms with Gasteiger partial charge in [-0.05, 0) is 43.5 Å². The van der Waals surface area contributed by atoms with Crippen LogP contribution in [0.4, 0.5) is 0 Å². The van der Waals surface area contributed by atoms with E-state index in [2.05, 4.69) is 66.3 Å². The highest BCUT2D eigenvalue weighted by atomic mass is 79.9. The van der Waals surface area contributed by atoms with Crippen LogP contribution in [0, 0.1) is 5.92 Å². The van der Waals surface area contributed by atoms with Gasteiger partial charge in [0.05, 0.1) is 0 Å². The summed E-state index contributed by atoms with van der Waals surface area (Å²) in [5, 5.41) is 3.52. The van der Waals surface area contributed by atoms with Crippen molar-refractivity contribution >= 4 is 15.9 Å². The Balaban J connectivity index is 2.62. The van der Waals surface area contributed by atoms with Gasteiger partial charge in [-0.25, -0.2) is 0 Å². The summed E-state index contributed by atoms with van der Waals surface area (Å²) in [6, 6.07) is 9.23. The smallest absolute Gasteiger partial charge is 0.0177 e. The van der Waals surface area contributed by atoms with Crippen molar-refractivity contribution in [3.8, 4) is 0 Å². The molecule has 0 saturated heterocycles. The fourth-order valence-electron chi connectivity index (χ4n) is 2.13. The van der Waals surface area contributed by atoms with Gasteiger partial charge in [0.1, 0.15) is 0 Å². The summed E-state index contributed by atoms with van der Waals surface area (Å²) in [6.07, 6.45) is 2.38. The number of nitrogens with one attached hydrogen (secondary N) is 1. The van der Waals surface area contributed by atoms with E-state index in [-0.39, 0.29) is 0 Å². The van der Waals surface area contributed by atoms with Crippen LogP contribution in [0.25, 0.3) is 0 Å². The molecule has 0 saturated carbocycles. The Hall–Kier alpha value is -0.340. The van der Waals surface area contributed by atoms with Crippen molar-refractivity contribution in [2.45, 2.75) is 39.7 Å². The minimum Gasteiger partial charge on any atom is -0.314 e. The molecule has 0 heterocycles. The molecule has 90 valence electrons. The van der Waals surface area contributed by atoms with Gasteiger partial charge in [0, 0.05) is 10.5 Å². The van der Waals surface area contributed by atoms with Gasteiger partial charge in [-0.3, -0.25) is 0 Å². The van der Waals surface area contributed by atoms with E-state index in [1.54, 1.807) is 0 Å². The van der Waals surface area contributed by atoms with Gasteiger partial charge < -0.3 is 5.32 Å². The molecule has 1 aromatic carbocycles. The number of rotatable bonds is 6. The largest absolute Gasteiger partial charge is 0.314 e. The minimum atomic E-state index is 0.592. The van der Waals surface area contributed by atoms with Crippen LogP contribution in [-0.2, 0) is 6.42 Å². The van der Waals surface area contributed by atoms with Crippen molar-refractivity contribution in [3.63, 3.8) is 0 Å². The highest BCUT2D eigenvalue weighted by Gasteiger charge is 2.14. The van der Waals surface area contributed by atoms with Gasteiger partial charge in [-0.1, -0.05) is 48.3 Å². The molecule has 0 bridgehead atoms. The summed E-state index contributed by atoms with van der Waals surface area (Å²) in [5.41, 5.74) is 1.42. The monoisotopic (exact) mass is 283 g/mol. The molecule has 0 spiro atoms. The van der Waals surface area contributed by atoms with E-state index in [9.17, 15) is 0 Å². The van der Waals surface area contributed by atoms with Crippen LogP contribution in [0.2, 0.25) is 0 Å². The molecule has 0 aromatic heterocycles. The standard InChI is InChI=1S/C14H22BrN/c1-4-13(11(3)16-5-2)9-12-7-6-8-14(15)10-12/h6-8,10-11,13,16H,4-5,9H2,1-3H3. The molecular formula is C14H22BrN. The average Bonchev–Trinajstić information content (AvgIpc) is 2.26. The summed E-state index contributed by atoms with van der Waals surface area (Å²) >= 11 is 3.53. The lowest BCUT2D eigenvalue weighted by molar-refractivity contribution is 0.368. The minimum absolute atomic E-state index is 0.592. The predicted octanol–water partition coefficient (Wildman–Crippen LogP) is 4.02. The van der Waals surface area contributed by atoms with Crippen LogP contribution in [0.3, 0.4) is 0 Å². The van der Waals surface area contributed by atoms with E-state index >= 15 is 0 Å². The van der Waals surface area contributed by atoms with E-state index in [0.29, 0.717) is 12.0 Å². The lowest BCUT2D eigenvalue weighted by Gasteiger charge is -2.23. The molecular weight excluding hydrogens is 262 g/mol. The van der Waals surface area contributed by atoms with Crippen molar-refractivity contribution < 1.29 is 0 Å². The Morgan fingerprint density at radius 2 is 2.06 bits per heavy atom. The van der Waals surface area contributed by atoms with Crippen molar-refractivity contribution in [1.82, 2.24) is 5.32 Å². The predicted molar refractivity (Wildman–Crippen MR) is 74.8 cm³/mol. The molecule has 0 amide bonds. The Kier molecular flexibility index (Phi) is 6.07. The zero-order chi connectivity index (χ0) is 12.0. The van der Waals surface area contributed by atoms with E-state index in [0.717, 1.165) is 13.0 Å². The van der Waals surface area contributed by atoms with Crippen molar-refractivity contribution in [2.24, 2.45) is 5.92 Å². The maximum absolute atomic E-state index is 3.53. The molecule has 2 heteroatoms. The molecule has 1 N–H and O–H groups in total. The second-order valence-electron chi connectivity index (χ2n) is 4.35. The lowest BCUT2D eigenvalue weighted by Crippen LogP contribution is -2.34. The lowest BCUT2D eigenvalue weighted by atomic mass is 9.91. The first kappa shape index (κ1) is 13.7. The van der Waals surface area contributed by atoms with Crippen molar-refractivity contribution in [1.29, 1.82) is 0 Å². The SMILES string of the molecule is CCNC(C)C(CC)Cc1cccc(Br)c1. The van der Waals surface area contributed by atoms with E-state index in [1.807, 2.05) is 0 Å². The maximum Gasteiger partial charge on any atom is 0.0177 e. The number of hydrogen-bond donors (Lipinski definition) is 1. The van der Waals surface area contributed by atoms with Crippen LogP contribution in [-0.4, -0.2) is 12.6 Å². The Morgan fingerprint density at radius 3 is 2.62 bits per heavy atom. The molecule has 2 atom stereocenters. The van der Waals surface area contributed by atoms with Gasteiger partial charge in [0.15, 0.2) is 0 Å². The Bertz CT molecular complexity index is 311.